The van der Waals surface area contributed by atoms with Crippen molar-refractivity contribution in [3.05, 3.63) is 33.9 Å². The first-order valence-electron chi connectivity index (χ1n) is 11.5. The summed E-state index contributed by atoms with van der Waals surface area (Å²) in [6.45, 7) is 11.3. The fourth-order valence-corrected chi connectivity index (χ4v) is 3.85. The number of amides is 2. The number of urea groups is 1. The van der Waals surface area contributed by atoms with Crippen LogP contribution in [0.3, 0.4) is 0 Å². The minimum absolute atomic E-state index is 0.152. The molecule has 1 heterocycles. The molecule has 0 aliphatic carbocycles. The van der Waals surface area contributed by atoms with Crippen LogP contribution in [-0.4, -0.2) is 49.7 Å². The van der Waals surface area contributed by atoms with Crippen LogP contribution in [0.1, 0.15) is 74.0 Å². The predicted octanol–water partition coefficient (Wildman–Crippen LogP) is 4.77. The Bertz CT molecular complexity index is 918. The van der Waals surface area contributed by atoms with Gasteiger partial charge in [0.15, 0.2) is 0 Å². The Labute approximate surface area is 196 Å². The quantitative estimate of drug-likeness (QED) is 0.378. The molecule has 1 aliphatic rings. The van der Waals surface area contributed by atoms with Crippen LogP contribution in [0.4, 0.5) is 10.5 Å². The van der Waals surface area contributed by atoms with E-state index in [2.05, 4.69) is 5.32 Å². The Morgan fingerprint density at radius 1 is 1.18 bits per heavy atom. The van der Waals surface area contributed by atoms with Gasteiger partial charge in [0, 0.05) is 30.6 Å². The van der Waals surface area contributed by atoms with Gasteiger partial charge in [-0.05, 0) is 52.5 Å². The van der Waals surface area contributed by atoms with Crippen LogP contribution < -0.4 is 10.1 Å². The lowest BCUT2D eigenvalue weighted by molar-refractivity contribution is -0.143. The van der Waals surface area contributed by atoms with E-state index in [0.29, 0.717) is 61.5 Å². The molecule has 182 valence electrons. The lowest BCUT2D eigenvalue weighted by Crippen LogP contribution is -2.35. The van der Waals surface area contributed by atoms with Gasteiger partial charge in [-0.1, -0.05) is 18.6 Å². The number of cyclic esters (lactones) is 1. The number of hydrogen-bond acceptors (Lipinski definition) is 6. The van der Waals surface area contributed by atoms with Crippen LogP contribution in [0.15, 0.2) is 11.6 Å². The average Bonchev–Trinajstić information content (AvgIpc) is 3.19. The fourth-order valence-electron chi connectivity index (χ4n) is 3.85. The Hall–Kier alpha value is -3.03. The van der Waals surface area contributed by atoms with Gasteiger partial charge in [-0.3, -0.25) is 4.79 Å². The topological polar surface area (TPSA) is 94.2 Å². The van der Waals surface area contributed by atoms with E-state index in [-0.39, 0.29) is 18.6 Å². The number of allylic oxidation sites excluding steroid dienone is 2. The SMILES string of the molecule is CCCOC(=O)CCC(C)=CCc1c(NC(=O)N(CC)CC)c2c(c(C)c1OC)COC2=O. The van der Waals surface area contributed by atoms with Gasteiger partial charge in [0.25, 0.3) is 0 Å². The number of fused-ring (bicyclic) bond motifs is 1. The molecule has 0 radical (unpaired) electrons. The van der Waals surface area contributed by atoms with Crippen LogP contribution in [0.2, 0.25) is 0 Å². The molecule has 8 nitrogen and oxygen atoms in total. The van der Waals surface area contributed by atoms with E-state index >= 15 is 0 Å². The highest BCUT2D eigenvalue weighted by Crippen LogP contribution is 2.41. The number of anilines is 1. The van der Waals surface area contributed by atoms with E-state index in [9.17, 15) is 14.4 Å². The molecule has 0 unspecified atom stereocenters. The highest BCUT2D eigenvalue weighted by molar-refractivity contribution is 6.05. The zero-order chi connectivity index (χ0) is 24.5. The van der Waals surface area contributed by atoms with Gasteiger partial charge in [-0.15, -0.1) is 0 Å². The molecule has 0 atom stereocenters. The number of nitrogens with zero attached hydrogens (tertiary/aromatic N) is 1. The molecule has 1 aromatic rings. The third kappa shape index (κ3) is 6.27. The lowest BCUT2D eigenvalue weighted by Gasteiger charge is -2.23. The predicted molar refractivity (Wildman–Crippen MR) is 127 cm³/mol. The normalized spacial score (nSPS) is 12.8. The first-order valence-corrected chi connectivity index (χ1v) is 11.5. The molecule has 2 rings (SSSR count). The summed E-state index contributed by atoms with van der Waals surface area (Å²) >= 11 is 0. The van der Waals surface area contributed by atoms with Gasteiger partial charge in [0.2, 0.25) is 0 Å². The van der Waals surface area contributed by atoms with Crippen molar-refractivity contribution < 1.29 is 28.6 Å². The monoisotopic (exact) mass is 460 g/mol. The molecule has 2 amide bonds. The van der Waals surface area contributed by atoms with Crippen LogP contribution in [-0.2, 0) is 27.3 Å². The third-order valence-electron chi connectivity index (χ3n) is 5.80. The number of carbonyl (C=O) groups excluding carboxylic acids is 3. The van der Waals surface area contributed by atoms with Crippen LogP contribution in [0.5, 0.6) is 5.75 Å². The summed E-state index contributed by atoms with van der Waals surface area (Å²) < 4.78 is 16.1. The largest absolute Gasteiger partial charge is 0.496 e. The highest BCUT2D eigenvalue weighted by Gasteiger charge is 2.33. The molecule has 0 bridgehead atoms. The second-order valence-corrected chi connectivity index (χ2v) is 8.02. The second-order valence-electron chi connectivity index (χ2n) is 8.02. The number of hydrogen-bond donors (Lipinski definition) is 1. The van der Waals surface area contributed by atoms with Gasteiger partial charge in [-0.25, -0.2) is 9.59 Å². The van der Waals surface area contributed by atoms with Crippen molar-refractivity contribution in [2.75, 3.05) is 32.1 Å². The second kappa shape index (κ2) is 12.3. The van der Waals surface area contributed by atoms with Gasteiger partial charge in [-0.2, -0.15) is 0 Å². The summed E-state index contributed by atoms with van der Waals surface area (Å²) in [6.07, 6.45) is 4.08. The van der Waals surface area contributed by atoms with Crippen molar-refractivity contribution in [2.24, 2.45) is 0 Å². The smallest absolute Gasteiger partial charge is 0.341 e. The molecule has 1 N–H and O–H groups in total. The summed E-state index contributed by atoms with van der Waals surface area (Å²) in [5, 5.41) is 2.95. The van der Waals surface area contributed by atoms with E-state index in [1.807, 2.05) is 40.7 Å². The minimum atomic E-state index is -0.453. The van der Waals surface area contributed by atoms with Crippen LogP contribution >= 0.6 is 0 Å². The molecule has 0 fully saturated rings. The average molecular weight is 461 g/mol. The lowest BCUT2D eigenvalue weighted by atomic mass is 9.93. The Morgan fingerprint density at radius 2 is 1.88 bits per heavy atom. The summed E-state index contributed by atoms with van der Waals surface area (Å²) in [5.41, 5.74) is 4.09. The summed E-state index contributed by atoms with van der Waals surface area (Å²) in [6, 6.07) is -0.284. The summed E-state index contributed by atoms with van der Waals surface area (Å²) in [4.78, 5) is 38.9. The molecule has 0 aromatic heterocycles. The van der Waals surface area contributed by atoms with Gasteiger partial charge in [0.1, 0.15) is 12.4 Å². The number of esters is 2. The van der Waals surface area contributed by atoms with Gasteiger partial charge >= 0.3 is 18.0 Å². The van der Waals surface area contributed by atoms with Gasteiger partial charge in [0.05, 0.1) is 25.0 Å². The molecule has 0 saturated heterocycles. The first-order chi connectivity index (χ1) is 15.8. The van der Waals surface area contributed by atoms with Crippen LogP contribution in [0.25, 0.3) is 0 Å². The van der Waals surface area contributed by atoms with E-state index in [1.165, 1.54) is 0 Å². The Kier molecular flexibility index (Phi) is 9.75. The number of benzene rings is 1. The first kappa shape index (κ1) is 26.2. The maximum Gasteiger partial charge on any atom is 0.341 e. The standard InChI is InChI=1S/C25H36N2O6/c1-7-14-32-20(28)13-11-16(4)10-12-18-22(26-25(30)27(8-2)9-3)21-19(15-33-24(21)29)17(5)23(18)31-6/h10H,7-9,11-15H2,1-6H3,(H,26,30). The molecular formula is C25H36N2O6. The van der Waals surface area contributed by atoms with Crippen molar-refractivity contribution in [3.63, 3.8) is 0 Å². The Balaban J connectivity index is 2.40. The number of carbonyl (C=O) groups is 3. The zero-order valence-corrected chi connectivity index (χ0v) is 20.6. The number of rotatable bonds is 11. The van der Waals surface area contributed by atoms with E-state index in [1.54, 1.807) is 12.0 Å². The van der Waals surface area contributed by atoms with Crippen molar-refractivity contribution in [3.8, 4) is 5.75 Å². The summed E-state index contributed by atoms with van der Waals surface area (Å²) in [5.74, 6) is -0.0509. The van der Waals surface area contributed by atoms with E-state index in [0.717, 1.165) is 23.1 Å². The molecule has 33 heavy (non-hydrogen) atoms. The molecule has 8 heteroatoms. The fraction of sp³-hybridized carbons (Fsp3) is 0.560. The zero-order valence-electron chi connectivity index (χ0n) is 20.6. The Morgan fingerprint density at radius 3 is 2.48 bits per heavy atom. The van der Waals surface area contributed by atoms with Crippen LogP contribution in [0, 0.1) is 6.92 Å². The van der Waals surface area contributed by atoms with E-state index < -0.39 is 5.97 Å². The third-order valence-corrected chi connectivity index (χ3v) is 5.80. The molecule has 0 spiro atoms. The van der Waals surface area contributed by atoms with Crippen molar-refractivity contribution in [2.45, 2.75) is 66.9 Å². The summed E-state index contributed by atoms with van der Waals surface area (Å²) in [7, 11) is 1.58. The molecule has 0 saturated carbocycles. The molecule has 1 aromatic carbocycles. The number of nitrogens with one attached hydrogen (secondary N) is 1. The number of methoxy groups -OCH3 is 1. The van der Waals surface area contributed by atoms with Crippen molar-refractivity contribution in [1.82, 2.24) is 4.90 Å². The molecular weight excluding hydrogens is 424 g/mol. The van der Waals surface area contributed by atoms with E-state index in [4.69, 9.17) is 14.2 Å². The highest BCUT2D eigenvalue weighted by atomic mass is 16.5. The van der Waals surface area contributed by atoms with Gasteiger partial charge < -0.3 is 24.4 Å². The maximum absolute atomic E-state index is 12.9. The minimum Gasteiger partial charge on any atom is -0.496 e. The van der Waals surface area contributed by atoms with Crippen molar-refractivity contribution in [1.29, 1.82) is 0 Å². The number of ether oxygens (including phenoxy) is 3. The maximum atomic E-state index is 12.9. The van der Waals surface area contributed by atoms with Crippen molar-refractivity contribution >= 4 is 23.7 Å². The molecule has 1 aliphatic heterocycles.